The van der Waals surface area contributed by atoms with E-state index in [0.29, 0.717) is 56.6 Å². The Bertz CT molecular complexity index is 960. The normalized spacial score (nSPS) is 15.1. The van der Waals surface area contributed by atoms with E-state index in [-0.39, 0.29) is 5.91 Å². The first kappa shape index (κ1) is 20.7. The van der Waals surface area contributed by atoms with Crippen LogP contribution in [-0.4, -0.2) is 47.4 Å². The summed E-state index contributed by atoms with van der Waals surface area (Å²) in [5, 5.41) is 17.7. The minimum absolute atomic E-state index is 0.0461. The molecule has 0 atom stereocenters. The van der Waals surface area contributed by atoms with Crippen molar-refractivity contribution in [1.82, 2.24) is 20.5 Å². The second-order valence-corrected chi connectivity index (χ2v) is 7.39. The molecule has 0 saturated carbocycles. The topological polar surface area (TPSA) is 101 Å². The van der Waals surface area contributed by atoms with Gasteiger partial charge in [-0.3, -0.25) is 4.79 Å². The van der Waals surface area contributed by atoms with Gasteiger partial charge in [-0.05, 0) is 42.7 Å². The van der Waals surface area contributed by atoms with Crippen LogP contribution in [0, 0.1) is 0 Å². The molecule has 3 heterocycles. The van der Waals surface area contributed by atoms with Crippen molar-refractivity contribution in [3.05, 3.63) is 72.4 Å². The Hall–Kier alpha value is -3.52. The van der Waals surface area contributed by atoms with Crippen LogP contribution in [0.3, 0.4) is 0 Å². The van der Waals surface area contributed by atoms with E-state index in [1.54, 1.807) is 6.20 Å². The highest BCUT2D eigenvalue weighted by Gasteiger charge is 2.41. The number of benzene rings is 1. The zero-order valence-electron chi connectivity index (χ0n) is 17.3. The maximum atomic E-state index is 13.1. The van der Waals surface area contributed by atoms with Crippen molar-refractivity contribution in [2.75, 3.05) is 36.9 Å². The molecule has 1 fully saturated rings. The van der Waals surface area contributed by atoms with Crippen molar-refractivity contribution in [1.29, 1.82) is 0 Å². The van der Waals surface area contributed by atoms with E-state index in [0.717, 1.165) is 5.56 Å². The van der Waals surface area contributed by atoms with Gasteiger partial charge in [0.2, 0.25) is 5.91 Å². The molecule has 3 N–H and O–H groups in total. The van der Waals surface area contributed by atoms with Crippen LogP contribution < -0.4 is 16.0 Å². The number of nitrogens with one attached hydrogen (secondary N) is 3. The lowest BCUT2D eigenvalue weighted by Crippen LogP contribution is -2.49. The first-order valence-electron chi connectivity index (χ1n) is 10.4. The third-order valence-corrected chi connectivity index (χ3v) is 5.41. The largest absolute Gasteiger partial charge is 0.381 e. The molecule has 0 bridgehead atoms. The number of anilines is 3. The van der Waals surface area contributed by atoms with Gasteiger partial charge in [-0.15, -0.1) is 10.2 Å². The standard InChI is InChI=1S/C23H26N6O2/c30-22(23(11-16-31-17-12-23)18-6-2-1-3-7-18)26-15-14-25-20-9-10-21(29-28-20)27-19-8-4-5-13-24-19/h1-10,13H,11-12,14-17H2,(H,25,28)(H,26,30)(H,24,27,29). The molecule has 8 nitrogen and oxygen atoms in total. The highest BCUT2D eigenvalue weighted by molar-refractivity contribution is 5.88. The molecule has 0 aliphatic carbocycles. The lowest BCUT2D eigenvalue weighted by Gasteiger charge is -2.36. The van der Waals surface area contributed by atoms with Crippen LogP contribution in [0.2, 0.25) is 0 Å². The first-order valence-corrected chi connectivity index (χ1v) is 10.4. The Morgan fingerprint density at radius 1 is 0.871 bits per heavy atom. The molecule has 160 valence electrons. The fourth-order valence-corrected chi connectivity index (χ4v) is 3.72. The number of carbonyl (C=O) groups is 1. The predicted octanol–water partition coefficient (Wildman–Crippen LogP) is 2.89. The molecule has 8 heteroatoms. The van der Waals surface area contributed by atoms with Crippen LogP contribution >= 0.6 is 0 Å². The molecule has 1 aliphatic heterocycles. The second-order valence-electron chi connectivity index (χ2n) is 7.39. The summed E-state index contributed by atoms with van der Waals surface area (Å²) in [6.45, 7) is 2.22. The number of amides is 1. The fourth-order valence-electron chi connectivity index (χ4n) is 3.72. The van der Waals surface area contributed by atoms with Gasteiger partial charge in [-0.25, -0.2) is 4.98 Å². The highest BCUT2D eigenvalue weighted by atomic mass is 16.5. The Balaban J connectivity index is 1.28. The van der Waals surface area contributed by atoms with E-state index >= 15 is 0 Å². The van der Waals surface area contributed by atoms with E-state index in [1.165, 1.54) is 0 Å². The molecule has 1 aliphatic rings. The summed E-state index contributed by atoms with van der Waals surface area (Å²) in [4.78, 5) is 17.3. The molecule has 0 unspecified atom stereocenters. The summed E-state index contributed by atoms with van der Waals surface area (Å²) >= 11 is 0. The molecule has 3 aromatic rings. The van der Waals surface area contributed by atoms with Gasteiger partial charge in [-0.1, -0.05) is 36.4 Å². The smallest absolute Gasteiger partial charge is 0.230 e. The summed E-state index contributed by atoms with van der Waals surface area (Å²) in [7, 11) is 0. The average molecular weight is 419 g/mol. The number of carbonyl (C=O) groups excluding carboxylic acids is 1. The summed E-state index contributed by atoms with van der Waals surface area (Å²) in [6.07, 6.45) is 3.08. The summed E-state index contributed by atoms with van der Waals surface area (Å²) in [5.41, 5.74) is 0.517. The van der Waals surface area contributed by atoms with Gasteiger partial charge in [0, 0.05) is 32.5 Å². The lowest BCUT2D eigenvalue weighted by atomic mass is 9.73. The number of rotatable bonds is 8. The fraction of sp³-hybridized carbons (Fsp3) is 0.304. The van der Waals surface area contributed by atoms with Gasteiger partial charge in [0.05, 0.1) is 5.41 Å². The number of pyridine rings is 1. The van der Waals surface area contributed by atoms with Gasteiger partial charge >= 0.3 is 0 Å². The van der Waals surface area contributed by atoms with Gasteiger partial charge < -0.3 is 20.7 Å². The van der Waals surface area contributed by atoms with Gasteiger partial charge in [0.25, 0.3) is 0 Å². The molecule has 4 rings (SSSR count). The molecule has 31 heavy (non-hydrogen) atoms. The highest BCUT2D eigenvalue weighted by Crippen LogP contribution is 2.35. The van der Waals surface area contributed by atoms with Gasteiger partial charge in [0.1, 0.15) is 11.6 Å². The zero-order chi connectivity index (χ0) is 21.4. The van der Waals surface area contributed by atoms with E-state index in [2.05, 4.69) is 31.1 Å². The number of nitrogens with zero attached hydrogens (tertiary/aromatic N) is 3. The average Bonchev–Trinajstić information content (AvgIpc) is 2.84. The zero-order valence-corrected chi connectivity index (χ0v) is 17.3. The molecule has 1 amide bonds. The van der Waals surface area contributed by atoms with E-state index in [4.69, 9.17) is 4.74 Å². The van der Waals surface area contributed by atoms with Crippen molar-refractivity contribution < 1.29 is 9.53 Å². The molecule has 2 aromatic heterocycles. The van der Waals surface area contributed by atoms with Gasteiger partial charge in [0.15, 0.2) is 5.82 Å². The van der Waals surface area contributed by atoms with Crippen LogP contribution in [0.4, 0.5) is 17.5 Å². The quantitative estimate of drug-likeness (QED) is 0.484. The number of hydrogen-bond acceptors (Lipinski definition) is 7. The summed E-state index contributed by atoms with van der Waals surface area (Å²) in [5.74, 6) is 2.01. The Labute approximate surface area is 181 Å². The van der Waals surface area contributed by atoms with Crippen molar-refractivity contribution in [2.45, 2.75) is 18.3 Å². The molecular weight excluding hydrogens is 392 g/mol. The molecule has 0 radical (unpaired) electrons. The van der Waals surface area contributed by atoms with Crippen LogP contribution in [0.1, 0.15) is 18.4 Å². The number of ether oxygens (including phenoxy) is 1. The van der Waals surface area contributed by atoms with Crippen molar-refractivity contribution >= 4 is 23.4 Å². The predicted molar refractivity (Wildman–Crippen MR) is 119 cm³/mol. The molecule has 1 saturated heterocycles. The molecular formula is C23H26N6O2. The Morgan fingerprint density at radius 3 is 2.32 bits per heavy atom. The SMILES string of the molecule is O=C(NCCNc1ccc(Nc2ccccn2)nn1)C1(c2ccccc2)CCOCC1. The second kappa shape index (κ2) is 9.99. The van der Waals surface area contributed by atoms with E-state index in [1.807, 2.05) is 60.7 Å². The summed E-state index contributed by atoms with van der Waals surface area (Å²) in [6, 6.07) is 19.3. The van der Waals surface area contributed by atoms with Crippen LogP contribution in [0.15, 0.2) is 66.9 Å². The maximum Gasteiger partial charge on any atom is 0.230 e. The van der Waals surface area contributed by atoms with Gasteiger partial charge in [-0.2, -0.15) is 0 Å². The number of hydrogen-bond donors (Lipinski definition) is 3. The summed E-state index contributed by atoms with van der Waals surface area (Å²) < 4.78 is 5.51. The van der Waals surface area contributed by atoms with Crippen molar-refractivity contribution in [3.63, 3.8) is 0 Å². The van der Waals surface area contributed by atoms with Crippen molar-refractivity contribution in [2.24, 2.45) is 0 Å². The third kappa shape index (κ3) is 5.16. The Kier molecular flexibility index (Phi) is 6.68. The van der Waals surface area contributed by atoms with Crippen LogP contribution in [0.5, 0.6) is 0 Å². The van der Waals surface area contributed by atoms with Crippen LogP contribution in [0.25, 0.3) is 0 Å². The first-order chi connectivity index (χ1) is 15.3. The molecule has 0 spiro atoms. The van der Waals surface area contributed by atoms with Crippen LogP contribution in [-0.2, 0) is 14.9 Å². The van der Waals surface area contributed by atoms with Crippen molar-refractivity contribution in [3.8, 4) is 0 Å². The monoisotopic (exact) mass is 418 g/mol. The number of aromatic nitrogens is 3. The minimum atomic E-state index is -0.530. The van der Waals surface area contributed by atoms with E-state index < -0.39 is 5.41 Å². The Morgan fingerprint density at radius 2 is 1.61 bits per heavy atom. The maximum absolute atomic E-state index is 13.1. The third-order valence-electron chi connectivity index (χ3n) is 5.41. The molecule has 1 aromatic carbocycles. The minimum Gasteiger partial charge on any atom is -0.381 e. The lowest BCUT2D eigenvalue weighted by molar-refractivity contribution is -0.130. The van der Waals surface area contributed by atoms with E-state index in [9.17, 15) is 4.79 Å².